The molecule has 0 amide bonds. The monoisotopic (exact) mass is 447 g/mol. The summed E-state index contributed by atoms with van der Waals surface area (Å²) in [6.07, 6.45) is -0.498. The molecule has 0 aliphatic rings. The van der Waals surface area contributed by atoms with Gasteiger partial charge in [0, 0.05) is 22.0 Å². The van der Waals surface area contributed by atoms with E-state index in [1.165, 1.54) is 33.3 Å². The van der Waals surface area contributed by atoms with Crippen LogP contribution in [0.25, 0.3) is 33.3 Å². The largest absolute Gasteiger partial charge is 0.385 e. The average molecular weight is 448 g/mol. The van der Waals surface area contributed by atoms with Crippen LogP contribution in [0.3, 0.4) is 0 Å². The maximum atomic E-state index is 11.2. The number of nitrogens with zero attached hydrogens (tertiary/aromatic N) is 1. The molecule has 5 rings (SSSR count). The van der Waals surface area contributed by atoms with Gasteiger partial charge in [-0.1, -0.05) is 90.5 Å². The summed E-state index contributed by atoms with van der Waals surface area (Å²) in [7, 11) is 0. The minimum atomic E-state index is -0.498. The molecule has 34 heavy (non-hydrogen) atoms. The van der Waals surface area contributed by atoms with Gasteiger partial charge < -0.3 is 15.0 Å². The highest BCUT2D eigenvalue weighted by molar-refractivity contribution is 6.04. The number of aryl methyl sites for hydroxylation is 2. The third-order valence-electron chi connectivity index (χ3n) is 6.52. The van der Waals surface area contributed by atoms with Crippen molar-refractivity contribution >= 4 is 16.6 Å². The minimum absolute atomic E-state index is 0.498. The minimum Gasteiger partial charge on any atom is -0.385 e. The van der Waals surface area contributed by atoms with E-state index < -0.39 is 6.10 Å². The molecule has 0 bridgehead atoms. The van der Waals surface area contributed by atoms with Crippen LogP contribution in [-0.4, -0.2) is 22.3 Å². The van der Waals surface area contributed by atoms with Crippen molar-refractivity contribution in [1.29, 1.82) is 0 Å². The SMILES string of the molecule is Cc1ccc2c(c1)c(-c1ccccc1)c(-c1ccccc1)n2CC(O)C[NH2+]c1ccccc1C. The van der Waals surface area contributed by atoms with Crippen LogP contribution in [0.2, 0.25) is 0 Å². The van der Waals surface area contributed by atoms with Crippen LogP contribution in [0.5, 0.6) is 0 Å². The molecule has 5 aromatic rings. The Morgan fingerprint density at radius 3 is 2.12 bits per heavy atom. The molecule has 1 unspecified atom stereocenters. The van der Waals surface area contributed by atoms with E-state index in [2.05, 4.69) is 115 Å². The average Bonchev–Trinajstić information content (AvgIpc) is 3.17. The first-order valence-electron chi connectivity index (χ1n) is 11.9. The van der Waals surface area contributed by atoms with E-state index >= 15 is 0 Å². The van der Waals surface area contributed by atoms with E-state index in [-0.39, 0.29) is 0 Å². The lowest BCUT2D eigenvalue weighted by Crippen LogP contribution is -2.81. The summed E-state index contributed by atoms with van der Waals surface area (Å²) < 4.78 is 2.31. The molecule has 0 saturated carbocycles. The van der Waals surface area contributed by atoms with E-state index in [9.17, 15) is 5.11 Å². The van der Waals surface area contributed by atoms with Gasteiger partial charge in [0.2, 0.25) is 0 Å². The van der Waals surface area contributed by atoms with Crippen molar-refractivity contribution in [1.82, 2.24) is 4.57 Å². The zero-order chi connectivity index (χ0) is 23.5. The van der Waals surface area contributed by atoms with Crippen molar-refractivity contribution in [3.05, 3.63) is 114 Å². The lowest BCUT2D eigenvalue weighted by Gasteiger charge is -2.17. The van der Waals surface area contributed by atoms with Gasteiger partial charge in [0.15, 0.2) is 0 Å². The van der Waals surface area contributed by atoms with Gasteiger partial charge in [-0.3, -0.25) is 0 Å². The van der Waals surface area contributed by atoms with Crippen LogP contribution >= 0.6 is 0 Å². The van der Waals surface area contributed by atoms with Crippen LogP contribution in [0.15, 0.2) is 103 Å². The van der Waals surface area contributed by atoms with Crippen molar-refractivity contribution < 1.29 is 10.4 Å². The Balaban J connectivity index is 1.61. The summed E-state index contributed by atoms with van der Waals surface area (Å²) in [4.78, 5) is 0. The molecule has 0 radical (unpaired) electrons. The number of hydrogen-bond acceptors (Lipinski definition) is 1. The molecule has 0 saturated heterocycles. The summed E-state index contributed by atoms with van der Waals surface area (Å²) in [6.45, 7) is 5.38. The van der Waals surface area contributed by atoms with Gasteiger partial charge in [0.25, 0.3) is 0 Å². The first-order chi connectivity index (χ1) is 16.6. The molecule has 4 aromatic carbocycles. The van der Waals surface area contributed by atoms with Crippen LogP contribution in [-0.2, 0) is 6.54 Å². The standard InChI is InChI=1S/C31H30N2O/c1-22-17-18-29-27(19-22)30(24-12-5-3-6-13-24)31(25-14-7-4-8-15-25)33(29)21-26(34)20-32-28-16-10-9-11-23(28)2/h3-19,26,32,34H,20-21H2,1-2H3/p+1. The van der Waals surface area contributed by atoms with Gasteiger partial charge in [0.1, 0.15) is 18.3 Å². The van der Waals surface area contributed by atoms with Gasteiger partial charge in [-0.05, 0) is 43.2 Å². The maximum Gasteiger partial charge on any atom is 0.132 e. The number of hydrogen-bond donors (Lipinski definition) is 2. The highest BCUT2D eigenvalue weighted by Crippen LogP contribution is 2.41. The van der Waals surface area contributed by atoms with Crippen LogP contribution < -0.4 is 5.32 Å². The predicted molar refractivity (Wildman–Crippen MR) is 141 cm³/mol. The molecule has 0 spiro atoms. The van der Waals surface area contributed by atoms with Gasteiger partial charge in [-0.15, -0.1) is 0 Å². The Hall–Kier alpha value is -3.66. The molecule has 1 atom stereocenters. The first kappa shape index (κ1) is 22.1. The number of rotatable bonds is 7. The molecule has 1 aromatic heterocycles. The molecular formula is C31H31N2O+. The molecule has 0 aliphatic carbocycles. The highest BCUT2D eigenvalue weighted by atomic mass is 16.3. The molecule has 1 heterocycles. The van der Waals surface area contributed by atoms with Gasteiger partial charge in [-0.25, -0.2) is 0 Å². The predicted octanol–water partition coefficient (Wildman–Crippen LogP) is 5.85. The second-order valence-electron chi connectivity index (χ2n) is 9.04. The Kier molecular flexibility index (Phi) is 6.31. The number of benzene rings is 4. The van der Waals surface area contributed by atoms with Crippen molar-refractivity contribution in [2.24, 2.45) is 0 Å². The van der Waals surface area contributed by atoms with Crippen molar-refractivity contribution in [2.75, 3.05) is 6.54 Å². The number of quaternary nitrogens is 1. The van der Waals surface area contributed by atoms with Crippen molar-refractivity contribution in [2.45, 2.75) is 26.5 Å². The second kappa shape index (κ2) is 9.68. The summed E-state index contributed by atoms with van der Waals surface area (Å²) in [5.74, 6) is 0. The maximum absolute atomic E-state index is 11.2. The fourth-order valence-corrected chi connectivity index (χ4v) is 4.82. The van der Waals surface area contributed by atoms with Crippen LogP contribution in [0, 0.1) is 13.8 Å². The third kappa shape index (κ3) is 4.41. The molecule has 0 aliphatic heterocycles. The quantitative estimate of drug-likeness (QED) is 0.302. The summed E-state index contributed by atoms with van der Waals surface area (Å²) in [5, 5.41) is 14.5. The summed E-state index contributed by atoms with van der Waals surface area (Å²) in [6, 6.07) is 36.1. The fraction of sp³-hybridized carbons (Fsp3) is 0.161. The molecule has 170 valence electrons. The Labute approximate surface area is 201 Å². The van der Waals surface area contributed by atoms with Gasteiger partial charge in [0.05, 0.1) is 12.2 Å². The second-order valence-corrected chi connectivity index (χ2v) is 9.04. The van der Waals surface area contributed by atoms with Crippen LogP contribution in [0.4, 0.5) is 5.69 Å². The van der Waals surface area contributed by atoms with E-state index in [1.807, 2.05) is 12.1 Å². The zero-order valence-electron chi connectivity index (χ0n) is 19.8. The number of fused-ring (bicyclic) bond motifs is 1. The van der Waals surface area contributed by atoms with E-state index in [1.54, 1.807) is 0 Å². The van der Waals surface area contributed by atoms with Gasteiger partial charge >= 0.3 is 0 Å². The van der Waals surface area contributed by atoms with Crippen molar-refractivity contribution in [3.63, 3.8) is 0 Å². The summed E-state index contributed by atoms with van der Waals surface area (Å²) >= 11 is 0. The number of aromatic nitrogens is 1. The summed E-state index contributed by atoms with van der Waals surface area (Å²) in [5.41, 5.74) is 9.52. The normalized spacial score (nSPS) is 12.2. The van der Waals surface area contributed by atoms with Crippen LogP contribution in [0.1, 0.15) is 11.1 Å². The zero-order valence-corrected chi connectivity index (χ0v) is 19.8. The fourth-order valence-electron chi connectivity index (χ4n) is 4.82. The lowest BCUT2D eigenvalue weighted by molar-refractivity contribution is -0.580. The highest BCUT2D eigenvalue weighted by Gasteiger charge is 2.22. The molecule has 0 fully saturated rings. The first-order valence-corrected chi connectivity index (χ1v) is 11.9. The lowest BCUT2D eigenvalue weighted by atomic mass is 9.98. The topological polar surface area (TPSA) is 41.8 Å². The third-order valence-corrected chi connectivity index (χ3v) is 6.52. The Morgan fingerprint density at radius 2 is 1.41 bits per heavy atom. The van der Waals surface area contributed by atoms with Gasteiger partial charge in [-0.2, -0.15) is 0 Å². The molecule has 3 nitrogen and oxygen atoms in total. The van der Waals surface area contributed by atoms with Crippen molar-refractivity contribution in [3.8, 4) is 22.4 Å². The van der Waals surface area contributed by atoms with E-state index in [4.69, 9.17) is 0 Å². The number of aliphatic hydroxyl groups excluding tert-OH is 1. The molecular weight excluding hydrogens is 416 g/mol. The Bertz CT molecular complexity index is 1400. The number of nitrogens with two attached hydrogens (primary N) is 1. The van der Waals surface area contributed by atoms with E-state index in [0.717, 1.165) is 16.8 Å². The molecule has 3 N–H and O–H groups in total. The Morgan fingerprint density at radius 1 is 0.765 bits per heavy atom. The number of para-hydroxylation sites is 1. The smallest absolute Gasteiger partial charge is 0.132 e. The molecule has 3 heteroatoms. The van der Waals surface area contributed by atoms with E-state index in [0.29, 0.717) is 13.1 Å². The number of aliphatic hydroxyl groups is 1.